The summed E-state index contributed by atoms with van der Waals surface area (Å²) in [5.74, 6) is 0.546. The van der Waals surface area contributed by atoms with E-state index in [0.29, 0.717) is 5.65 Å². The molecule has 0 bridgehead atoms. The van der Waals surface area contributed by atoms with E-state index in [-0.39, 0.29) is 11.9 Å². The standard InChI is InChI=1S/C27H21FN8/c28-17-4-1-3-15(7-17)19-5-2-6-22-20(19)9-23(32-22)26-21-8-16(10-31-27(21)35-34-26)24-11-30-12-25(33-24)36-13-18(29)14-36/h1-12,18,32H,13-14,29H2,(H,31,34,35). The van der Waals surface area contributed by atoms with Crippen molar-refractivity contribution in [2.24, 2.45) is 5.73 Å². The summed E-state index contributed by atoms with van der Waals surface area (Å²) < 4.78 is 13.9. The lowest BCUT2D eigenvalue weighted by Gasteiger charge is -2.37. The lowest BCUT2D eigenvalue weighted by Crippen LogP contribution is -2.56. The van der Waals surface area contributed by atoms with Crippen LogP contribution in [0, 0.1) is 5.82 Å². The summed E-state index contributed by atoms with van der Waals surface area (Å²) in [6.07, 6.45) is 5.25. The van der Waals surface area contributed by atoms with E-state index in [4.69, 9.17) is 10.7 Å². The number of rotatable bonds is 4. The zero-order valence-corrected chi connectivity index (χ0v) is 19.1. The van der Waals surface area contributed by atoms with Gasteiger partial charge in [-0.3, -0.25) is 10.1 Å². The Hall–Kier alpha value is -4.63. The lowest BCUT2D eigenvalue weighted by atomic mass is 10.0. The van der Waals surface area contributed by atoms with Crippen molar-refractivity contribution < 1.29 is 4.39 Å². The minimum Gasteiger partial charge on any atom is -0.353 e. The van der Waals surface area contributed by atoms with Gasteiger partial charge in [0.25, 0.3) is 0 Å². The number of anilines is 1. The summed E-state index contributed by atoms with van der Waals surface area (Å²) in [6, 6.07) is 16.9. The van der Waals surface area contributed by atoms with Crippen LogP contribution in [0.15, 0.2) is 73.2 Å². The molecule has 176 valence electrons. The van der Waals surface area contributed by atoms with Crippen molar-refractivity contribution in [2.75, 3.05) is 18.0 Å². The van der Waals surface area contributed by atoms with Gasteiger partial charge in [0.05, 0.1) is 29.5 Å². The van der Waals surface area contributed by atoms with Crippen molar-refractivity contribution in [1.82, 2.24) is 30.1 Å². The first-order chi connectivity index (χ1) is 17.6. The topological polar surface area (TPSA) is 112 Å². The third-order valence-corrected chi connectivity index (χ3v) is 6.63. The summed E-state index contributed by atoms with van der Waals surface area (Å²) in [6.45, 7) is 1.55. The third kappa shape index (κ3) is 3.40. The van der Waals surface area contributed by atoms with Crippen LogP contribution in [0.4, 0.5) is 10.2 Å². The molecule has 0 aliphatic carbocycles. The zero-order valence-electron chi connectivity index (χ0n) is 19.1. The molecule has 1 saturated heterocycles. The molecule has 7 rings (SSSR count). The van der Waals surface area contributed by atoms with Gasteiger partial charge in [0.1, 0.15) is 11.6 Å². The number of aromatic nitrogens is 6. The molecular weight excluding hydrogens is 455 g/mol. The van der Waals surface area contributed by atoms with E-state index in [0.717, 1.165) is 69.0 Å². The quantitative estimate of drug-likeness (QED) is 0.345. The van der Waals surface area contributed by atoms with E-state index < -0.39 is 0 Å². The van der Waals surface area contributed by atoms with Crippen LogP contribution < -0.4 is 10.6 Å². The molecule has 2 aromatic carbocycles. The minimum atomic E-state index is -0.262. The predicted molar refractivity (Wildman–Crippen MR) is 138 cm³/mol. The van der Waals surface area contributed by atoms with Crippen molar-refractivity contribution in [3.63, 3.8) is 0 Å². The van der Waals surface area contributed by atoms with Gasteiger partial charge in [0.2, 0.25) is 0 Å². The molecule has 4 N–H and O–H groups in total. The van der Waals surface area contributed by atoms with Crippen molar-refractivity contribution in [3.8, 4) is 33.8 Å². The Morgan fingerprint density at radius 2 is 1.83 bits per heavy atom. The van der Waals surface area contributed by atoms with Crippen LogP contribution >= 0.6 is 0 Å². The Morgan fingerprint density at radius 3 is 2.69 bits per heavy atom. The van der Waals surface area contributed by atoms with Crippen molar-refractivity contribution in [3.05, 3.63) is 79.0 Å². The van der Waals surface area contributed by atoms with Crippen LogP contribution in [0.25, 0.3) is 55.7 Å². The summed E-state index contributed by atoms with van der Waals surface area (Å²) in [5.41, 5.74) is 12.5. The first-order valence-corrected chi connectivity index (χ1v) is 11.7. The second-order valence-corrected chi connectivity index (χ2v) is 9.08. The smallest absolute Gasteiger partial charge is 0.181 e. The van der Waals surface area contributed by atoms with Gasteiger partial charge in [-0.1, -0.05) is 24.3 Å². The molecule has 0 atom stereocenters. The molecule has 0 amide bonds. The van der Waals surface area contributed by atoms with E-state index in [1.807, 2.05) is 30.3 Å². The van der Waals surface area contributed by atoms with Crippen LogP contribution in [-0.2, 0) is 0 Å². The van der Waals surface area contributed by atoms with Gasteiger partial charge in [-0.25, -0.2) is 14.4 Å². The van der Waals surface area contributed by atoms with Gasteiger partial charge >= 0.3 is 0 Å². The number of halogens is 1. The number of nitrogens with zero attached hydrogens (tertiary/aromatic N) is 5. The van der Waals surface area contributed by atoms with Gasteiger partial charge in [0, 0.05) is 47.2 Å². The number of hydrogen-bond donors (Lipinski definition) is 3. The zero-order chi connectivity index (χ0) is 24.2. The third-order valence-electron chi connectivity index (χ3n) is 6.63. The second-order valence-electron chi connectivity index (χ2n) is 9.08. The first-order valence-electron chi connectivity index (χ1n) is 11.7. The number of nitrogens with one attached hydrogen (secondary N) is 2. The molecular formula is C27H21FN8. The first kappa shape index (κ1) is 20.7. The molecule has 4 aromatic heterocycles. The average Bonchev–Trinajstić information content (AvgIpc) is 3.50. The SMILES string of the molecule is NC1CN(c2cncc(-c3cnc4n[nH]c(-c5cc6c(-c7cccc(F)c7)cccc6[nH]5)c4c3)n2)C1. The fourth-order valence-corrected chi connectivity index (χ4v) is 4.79. The lowest BCUT2D eigenvalue weighted by molar-refractivity contribution is 0.514. The van der Waals surface area contributed by atoms with Crippen LogP contribution in [0.5, 0.6) is 0 Å². The summed E-state index contributed by atoms with van der Waals surface area (Å²) in [4.78, 5) is 19.3. The molecule has 0 spiro atoms. The summed E-state index contributed by atoms with van der Waals surface area (Å²) >= 11 is 0. The second kappa shape index (κ2) is 7.96. The Balaban J connectivity index is 1.31. The van der Waals surface area contributed by atoms with Gasteiger partial charge < -0.3 is 15.6 Å². The molecule has 9 heteroatoms. The molecule has 1 aliphatic rings. The van der Waals surface area contributed by atoms with Crippen molar-refractivity contribution >= 4 is 27.8 Å². The van der Waals surface area contributed by atoms with Crippen LogP contribution in [0.3, 0.4) is 0 Å². The Bertz CT molecular complexity index is 1750. The molecule has 1 aliphatic heterocycles. The molecule has 0 radical (unpaired) electrons. The number of nitrogens with two attached hydrogens (primary N) is 1. The van der Waals surface area contributed by atoms with E-state index in [2.05, 4.69) is 36.1 Å². The molecule has 0 unspecified atom stereocenters. The fraction of sp³-hybridized carbons (Fsp3) is 0.111. The van der Waals surface area contributed by atoms with E-state index >= 15 is 0 Å². The minimum absolute atomic E-state index is 0.180. The van der Waals surface area contributed by atoms with Gasteiger partial charge in [-0.15, -0.1) is 0 Å². The van der Waals surface area contributed by atoms with E-state index in [1.165, 1.54) is 6.07 Å². The van der Waals surface area contributed by atoms with Crippen molar-refractivity contribution in [2.45, 2.75) is 6.04 Å². The number of H-pyrrole nitrogens is 2. The van der Waals surface area contributed by atoms with Crippen LogP contribution in [0.1, 0.15) is 0 Å². The number of aromatic amines is 2. The average molecular weight is 477 g/mol. The summed E-state index contributed by atoms with van der Waals surface area (Å²) in [5, 5.41) is 9.40. The van der Waals surface area contributed by atoms with E-state index in [1.54, 1.807) is 30.7 Å². The molecule has 36 heavy (non-hydrogen) atoms. The highest BCUT2D eigenvalue weighted by atomic mass is 19.1. The maximum atomic E-state index is 13.9. The Morgan fingerprint density at radius 1 is 0.944 bits per heavy atom. The largest absolute Gasteiger partial charge is 0.353 e. The number of fused-ring (bicyclic) bond motifs is 2. The molecule has 0 saturated carbocycles. The normalized spacial score (nSPS) is 14.0. The van der Waals surface area contributed by atoms with Crippen LogP contribution in [-0.4, -0.2) is 49.3 Å². The van der Waals surface area contributed by atoms with Gasteiger partial charge in [-0.2, -0.15) is 5.10 Å². The molecule has 8 nitrogen and oxygen atoms in total. The maximum absolute atomic E-state index is 13.9. The van der Waals surface area contributed by atoms with Crippen LogP contribution in [0.2, 0.25) is 0 Å². The Labute approximate surface area is 205 Å². The van der Waals surface area contributed by atoms with Gasteiger partial charge in [-0.05, 0) is 41.5 Å². The van der Waals surface area contributed by atoms with Crippen molar-refractivity contribution in [1.29, 1.82) is 0 Å². The maximum Gasteiger partial charge on any atom is 0.181 e. The fourth-order valence-electron chi connectivity index (χ4n) is 4.79. The molecule has 1 fully saturated rings. The predicted octanol–water partition coefficient (Wildman–Crippen LogP) is 4.52. The highest BCUT2D eigenvalue weighted by Crippen LogP contribution is 2.35. The summed E-state index contributed by atoms with van der Waals surface area (Å²) in [7, 11) is 0. The number of benzene rings is 2. The highest BCUT2D eigenvalue weighted by molar-refractivity contribution is 6.01. The number of hydrogen-bond acceptors (Lipinski definition) is 6. The van der Waals surface area contributed by atoms with E-state index in [9.17, 15) is 4.39 Å². The highest BCUT2D eigenvalue weighted by Gasteiger charge is 2.24. The molecule has 6 aromatic rings. The monoisotopic (exact) mass is 476 g/mol. The van der Waals surface area contributed by atoms with Gasteiger partial charge in [0.15, 0.2) is 5.65 Å². The number of pyridine rings is 1. The Kier molecular flexibility index (Phi) is 4.58. The molecule has 5 heterocycles.